The monoisotopic (exact) mass is 342 g/mol. The van der Waals surface area contributed by atoms with Gasteiger partial charge in [-0.3, -0.25) is 4.79 Å². The Bertz CT molecular complexity index is 635. The van der Waals surface area contributed by atoms with Crippen LogP contribution in [0.4, 0.5) is 0 Å². The van der Waals surface area contributed by atoms with Crippen LogP contribution >= 0.6 is 27.5 Å². The number of carbonyl (C=O) groups excluding carboxylic acids is 1. The summed E-state index contributed by atoms with van der Waals surface area (Å²) in [6.07, 6.45) is 5.61. The fourth-order valence-electron chi connectivity index (χ4n) is 2.39. The van der Waals surface area contributed by atoms with Crippen molar-refractivity contribution in [2.24, 2.45) is 0 Å². The minimum Gasteiger partial charge on any atom is -0.356 e. The third kappa shape index (κ3) is 2.20. The second-order valence-electron chi connectivity index (χ2n) is 4.55. The minimum absolute atomic E-state index is 0.0451. The zero-order valence-corrected chi connectivity index (χ0v) is 12.4. The van der Waals surface area contributed by atoms with Gasteiger partial charge < -0.3 is 4.74 Å². The van der Waals surface area contributed by atoms with Crippen LogP contribution in [0, 0.1) is 0 Å². The van der Waals surface area contributed by atoms with Gasteiger partial charge in [-0.15, -0.1) is 0 Å². The molecule has 1 fully saturated rings. The van der Waals surface area contributed by atoms with Gasteiger partial charge in [0.1, 0.15) is 0 Å². The van der Waals surface area contributed by atoms with Crippen molar-refractivity contribution in [2.75, 3.05) is 6.61 Å². The molecule has 1 aliphatic heterocycles. The molecule has 19 heavy (non-hydrogen) atoms. The summed E-state index contributed by atoms with van der Waals surface area (Å²) in [7, 11) is 0. The van der Waals surface area contributed by atoms with Gasteiger partial charge in [-0.25, -0.2) is 4.68 Å². The molecule has 1 aliphatic rings. The molecular weight excluding hydrogens is 332 g/mol. The van der Waals surface area contributed by atoms with Crippen molar-refractivity contribution in [3.05, 3.63) is 27.3 Å². The van der Waals surface area contributed by atoms with Crippen LogP contribution in [-0.4, -0.2) is 22.7 Å². The van der Waals surface area contributed by atoms with E-state index < -0.39 is 0 Å². The van der Waals surface area contributed by atoms with Crippen molar-refractivity contribution in [1.29, 1.82) is 0 Å². The Morgan fingerprint density at radius 2 is 2.37 bits per heavy atom. The highest BCUT2D eigenvalue weighted by atomic mass is 79.9. The summed E-state index contributed by atoms with van der Waals surface area (Å²) in [5.41, 5.74) is 1.34. The Balaban J connectivity index is 2.15. The molecule has 0 spiro atoms. The standard InChI is InChI=1S/C13H12BrClN2O2/c14-13-8-6-16-17(12-3-1-2-4-19-12)11(8)5-10(15)9(13)7-18/h5-7,12H,1-4H2. The van der Waals surface area contributed by atoms with E-state index in [4.69, 9.17) is 16.3 Å². The number of carbonyl (C=O) groups is 1. The number of halogens is 2. The average Bonchev–Trinajstić information content (AvgIpc) is 2.84. The summed E-state index contributed by atoms with van der Waals surface area (Å²) >= 11 is 9.55. The van der Waals surface area contributed by atoms with Crippen LogP contribution in [0.15, 0.2) is 16.7 Å². The summed E-state index contributed by atoms with van der Waals surface area (Å²) in [5, 5.41) is 5.68. The van der Waals surface area contributed by atoms with Crippen molar-refractivity contribution in [3.63, 3.8) is 0 Å². The van der Waals surface area contributed by atoms with Crippen molar-refractivity contribution >= 4 is 44.7 Å². The van der Waals surface area contributed by atoms with Gasteiger partial charge in [0.2, 0.25) is 0 Å². The van der Waals surface area contributed by atoms with Gasteiger partial charge in [-0.2, -0.15) is 5.10 Å². The fraction of sp³-hybridized carbons (Fsp3) is 0.385. The van der Waals surface area contributed by atoms with Crippen LogP contribution in [0.25, 0.3) is 10.9 Å². The third-order valence-corrected chi connectivity index (χ3v) is 4.54. The summed E-state index contributed by atoms with van der Waals surface area (Å²) in [6, 6.07) is 1.77. The van der Waals surface area contributed by atoms with E-state index in [0.717, 1.165) is 43.1 Å². The van der Waals surface area contributed by atoms with Crippen molar-refractivity contribution in [3.8, 4) is 0 Å². The topological polar surface area (TPSA) is 44.1 Å². The summed E-state index contributed by atoms with van der Waals surface area (Å²) in [5.74, 6) is 0. The first-order chi connectivity index (χ1) is 9.22. The van der Waals surface area contributed by atoms with Crippen LogP contribution in [0.1, 0.15) is 35.8 Å². The molecule has 0 amide bonds. The molecule has 6 heteroatoms. The first kappa shape index (κ1) is 13.1. The highest BCUT2D eigenvalue weighted by Crippen LogP contribution is 2.34. The van der Waals surface area contributed by atoms with Crippen molar-refractivity contribution in [1.82, 2.24) is 9.78 Å². The lowest BCUT2D eigenvalue weighted by Crippen LogP contribution is -2.18. The average molecular weight is 344 g/mol. The molecule has 1 saturated heterocycles. The molecule has 2 aromatic rings. The van der Waals surface area contributed by atoms with E-state index in [1.807, 2.05) is 4.68 Å². The van der Waals surface area contributed by atoms with Gasteiger partial charge in [-0.05, 0) is 41.3 Å². The first-order valence-corrected chi connectivity index (χ1v) is 7.31. The van der Waals surface area contributed by atoms with Crippen LogP contribution in [0.3, 0.4) is 0 Å². The lowest BCUT2D eigenvalue weighted by molar-refractivity contribution is -0.0366. The van der Waals surface area contributed by atoms with E-state index in [-0.39, 0.29) is 6.23 Å². The number of fused-ring (bicyclic) bond motifs is 1. The van der Waals surface area contributed by atoms with Gasteiger partial charge in [0.15, 0.2) is 12.5 Å². The highest BCUT2D eigenvalue weighted by Gasteiger charge is 2.21. The van der Waals surface area contributed by atoms with Crippen molar-refractivity contribution < 1.29 is 9.53 Å². The van der Waals surface area contributed by atoms with E-state index in [2.05, 4.69) is 21.0 Å². The van der Waals surface area contributed by atoms with E-state index in [0.29, 0.717) is 15.1 Å². The lowest BCUT2D eigenvalue weighted by Gasteiger charge is -2.23. The molecular formula is C13H12BrClN2O2. The molecule has 0 saturated carbocycles. The quantitative estimate of drug-likeness (QED) is 0.775. The molecule has 3 rings (SSSR count). The molecule has 1 aromatic carbocycles. The molecule has 1 atom stereocenters. The predicted molar refractivity (Wildman–Crippen MR) is 76.7 cm³/mol. The van der Waals surface area contributed by atoms with Crippen molar-refractivity contribution in [2.45, 2.75) is 25.5 Å². The van der Waals surface area contributed by atoms with E-state index >= 15 is 0 Å². The van der Waals surface area contributed by atoms with Crippen LogP contribution in [0.2, 0.25) is 5.02 Å². The highest BCUT2D eigenvalue weighted by molar-refractivity contribution is 9.10. The maximum absolute atomic E-state index is 11.0. The summed E-state index contributed by atoms with van der Waals surface area (Å²) in [4.78, 5) is 11.0. The molecule has 0 aliphatic carbocycles. The molecule has 0 N–H and O–H groups in total. The van der Waals surface area contributed by atoms with Crippen LogP contribution < -0.4 is 0 Å². The van der Waals surface area contributed by atoms with E-state index in [1.165, 1.54) is 0 Å². The Morgan fingerprint density at radius 1 is 1.53 bits per heavy atom. The number of hydrogen-bond donors (Lipinski definition) is 0. The largest absolute Gasteiger partial charge is 0.356 e. The van der Waals surface area contributed by atoms with Gasteiger partial charge in [0.25, 0.3) is 0 Å². The van der Waals surface area contributed by atoms with Crippen LogP contribution in [-0.2, 0) is 4.74 Å². The molecule has 2 heterocycles. The SMILES string of the molecule is O=Cc1c(Cl)cc2c(cnn2C2CCCCO2)c1Br. The second-order valence-corrected chi connectivity index (χ2v) is 5.75. The minimum atomic E-state index is -0.0451. The Labute approximate surface area is 123 Å². The maximum Gasteiger partial charge on any atom is 0.152 e. The number of aldehydes is 1. The fourth-order valence-corrected chi connectivity index (χ4v) is 3.36. The Morgan fingerprint density at radius 3 is 3.05 bits per heavy atom. The number of rotatable bonds is 2. The van der Waals surface area contributed by atoms with Crippen LogP contribution in [0.5, 0.6) is 0 Å². The number of nitrogens with zero attached hydrogens (tertiary/aromatic N) is 2. The molecule has 100 valence electrons. The smallest absolute Gasteiger partial charge is 0.152 e. The first-order valence-electron chi connectivity index (χ1n) is 6.14. The Kier molecular flexibility index (Phi) is 3.60. The summed E-state index contributed by atoms with van der Waals surface area (Å²) in [6.45, 7) is 0.757. The van der Waals surface area contributed by atoms with Gasteiger partial charge in [0.05, 0.1) is 16.7 Å². The van der Waals surface area contributed by atoms with E-state index in [1.54, 1.807) is 12.3 Å². The molecule has 0 bridgehead atoms. The molecule has 1 unspecified atom stereocenters. The zero-order valence-electron chi connectivity index (χ0n) is 10.1. The summed E-state index contributed by atoms with van der Waals surface area (Å²) < 4.78 is 8.27. The van der Waals surface area contributed by atoms with E-state index in [9.17, 15) is 4.79 Å². The van der Waals surface area contributed by atoms with Gasteiger partial charge in [-0.1, -0.05) is 11.6 Å². The van der Waals surface area contributed by atoms with Gasteiger partial charge >= 0.3 is 0 Å². The molecule has 4 nitrogen and oxygen atoms in total. The molecule has 0 radical (unpaired) electrons. The predicted octanol–water partition coefficient (Wildman–Crippen LogP) is 3.96. The van der Waals surface area contributed by atoms with Gasteiger partial charge in [0, 0.05) is 22.0 Å². The number of benzene rings is 1. The zero-order chi connectivity index (χ0) is 13.4. The lowest BCUT2D eigenvalue weighted by atomic mass is 10.1. The normalized spacial score (nSPS) is 19.8. The Hall–Kier alpha value is -0.910. The maximum atomic E-state index is 11.0. The second kappa shape index (κ2) is 5.23. The molecule has 1 aromatic heterocycles. The number of aromatic nitrogens is 2. The third-order valence-electron chi connectivity index (χ3n) is 3.37. The number of ether oxygens (including phenoxy) is 1. The number of hydrogen-bond acceptors (Lipinski definition) is 3.